The number of rotatable bonds is 7. The molecule has 20 heavy (non-hydrogen) atoms. The summed E-state index contributed by atoms with van der Waals surface area (Å²) in [7, 11) is 0. The molecule has 0 aliphatic heterocycles. The Bertz CT molecular complexity index is 563. The van der Waals surface area contributed by atoms with E-state index in [9.17, 15) is 14.9 Å². The molecule has 0 amide bonds. The fourth-order valence-corrected chi connectivity index (χ4v) is 1.41. The third-order valence-electron chi connectivity index (χ3n) is 2.40. The van der Waals surface area contributed by atoms with Gasteiger partial charge in [0.1, 0.15) is 5.75 Å². The molecule has 106 valence electrons. The van der Waals surface area contributed by atoms with E-state index in [2.05, 4.69) is 6.58 Å². The fraction of sp³-hybridized carbons (Fsp3) is 0.214. The summed E-state index contributed by atoms with van der Waals surface area (Å²) in [5, 5.41) is 19.3. The lowest BCUT2D eigenvalue weighted by Crippen LogP contribution is -2.00. The van der Waals surface area contributed by atoms with Gasteiger partial charge in [0.05, 0.1) is 11.5 Å². The van der Waals surface area contributed by atoms with E-state index in [1.54, 1.807) is 0 Å². The highest BCUT2D eigenvalue weighted by Gasteiger charge is 2.10. The number of carboxylic acids is 1. The Morgan fingerprint density at radius 3 is 2.80 bits per heavy atom. The van der Waals surface area contributed by atoms with E-state index >= 15 is 0 Å². The summed E-state index contributed by atoms with van der Waals surface area (Å²) in [6.45, 7) is 5.99. The topological polar surface area (TPSA) is 89.7 Å². The Kier molecular flexibility index (Phi) is 5.46. The maximum absolute atomic E-state index is 10.7. The first-order chi connectivity index (χ1) is 9.40. The first kappa shape index (κ1) is 15.4. The Morgan fingerprint density at radius 2 is 2.25 bits per heavy atom. The van der Waals surface area contributed by atoms with Crippen molar-refractivity contribution in [3.05, 3.63) is 52.1 Å². The third kappa shape index (κ3) is 4.93. The lowest BCUT2D eigenvalue weighted by Gasteiger charge is -2.09. The Labute approximate surface area is 116 Å². The Hall–Kier alpha value is -2.63. The minimum Gasteiger partial charge on any atom is -0.493 e. The van der Waals surface area contributed by atoms with Gasteiger partial charge in [-0.2, -0.15) is 0 Å². The molecule has 6 nitrogen and oxygen atoms in total. The fourth-order valence-electron chi connectivity index (χ4n) is 1.41. The second-order valence-corrected chi connectivity index (χ2v) is 4.21. The zero-order valence-corrected chi connectivity index (χ0v) is 11.0. The van der Waals surface area contributed by atoms with Gasteiger partial charge in [0.2, 0.25) is 0 Å². The van der Waals surface area contributed by atoms with Crippen molar-refractivity contribution in [2.75, 3.05) is 6.61 Å². The number of carbonyl (C=O) groups is 1. The average Bonchev–Trinajstić information content (AvgIpc) is 2.36. The monoisotopic (exact) mass is 277 g/mol. The largest absolute Gasteiger partial charge is 0.493 e. The summed E-state index contributed by atoms with van der Waals surface area (Å²) < 4.78 is 5.49. The van der Waals surface area contributed by atoms with Gasteiger partial charge in [-0.15, -0.1) is 6.58 Å². The summed E-state index contributed by atoms with van der Waals surface area (Å²) in [6.07, 6.45) is 2.83. The Morgan fingerprint density at radius 1 is 1.55 bits per heavy atom. The number of hydrogen-bond donors (Lipinski definition) is 1. The van der Waals surface area contributed by atoms with Gasteiger partial charge in [0, 0.05) is 30.2 Å². The summed E-state index contributed by atoms with van der Waals surface area (Å²) in [5.41, 5.74) is 1.18. The molecule has 0 bridgehead atoms. The van der Waals surface area contributed by atoms with Gasteiger partial charge in [0.15, 0.2) is 0 Å². The first-order valence-corrected chi connectivity index (χ1v) is 5.87. The zero-order chi connectivity index (χ0) is 15.1. The number of hydrogen-bond acceptors (Lipinski definition) is 4. The van der Waals surface area contributed by atoms with Crippen LogP contribution in [0.3, 0.4) is 0 Å². The van der Waals surface area contributed by atoms with Gasteiger partial charge < -0.3 is 9.84 Å². The highest BCUT2D eigenvalue weighted by Crippen LogP contribution is 2.25. The molecule has 0 aliphatic carbocycles. The maximum atomic E-state index is 10.7. The van der Waals surface area contributed by atoms with Gasteiger partial charge in [-0.1, -0.05) is 5.57 Å². The van der Waals surface area contributed by atoms with Crippen molar-refractivity contribution in [1.29, 1.82) is 0 Å². The lowest BCUT2D eigenvalue weighted by atomic mass is 10.1. The summed E-state index contributed by atoms with van der Waals surface area (Å²) in [5.74, 6) is -0.737. The molecular weight excluding hydrogens is 262 g/mol. The number of nitro groups is 1. The second-order valence-electron chi connectivity index (χ2n) is 4.21. The van der Waals surface area contributed by atoms with E-state index < -0.39 is 10.9 Å². The molecular formula is C14H15NO5. The molecule has 1 N–H and O–H groups in total. The molecule has 0 saturated heterocycles. The minimum atomic E-state index is -1.13. The van der Waals surface area contributed by atoms with Crippen LogP contribution in [-0.4, -0.2) is 22.6 Å². The van der Waals surface area contributed by atoms with Crippen LogP contribution in [-0.2, 0) is 4.79 Å². The van der Waals surface area contributed by atoms with Gasteiger partial charge in [-0.25, -0.2) is 4.79 Å². The highest BCUT2D eigenvalue weighted by molar-refractivity contribution is 5.86. The molecule has 0 aromatic heterocycles. The SMILES string of the molecule is C=C(C)CCOc1ccc([N+](=O)[O-])cc1/C=C/C(=O)O. The van der Waals surface area contributed by atoms with Crippen LogP contribution < -0.4 is 4.74 Å². The van der Waals surface area contributed by atoms with Crippen molar-refractivity contribution in [2.24, 2.45) is 0 Å². The van der Waals surface area contributed by atoms with Gasteiger partial charge in [-0.3, -0.25) is 10.1 Å². The van der Waals surface area contributed by atoms with E-state index in [0.717, 1.165) is 11.6 Å². The lowest BCUT2D eigenvalue weighted by molar-refractivity contribution is -0.384. The average molecular weight is 277 g/mol. The molecule has 1 aromatic rings. The molecule has 1 rings (SSSR count). The number of nitro benzene ring substituents is 1. The van der Waals surface area contributed by atoms with Crippen LogP contribution in [0.25, 0.3) is 6.08 Å². The number of ether oxygens (including phenoxy) is 1. The number of benzene rings is 1. The van der Waals surface area contributed by atoms with Crippen LogP contribution in [0.4, 0.5) is 5.69 Å². The molecule has 6 heteroatoms. The van der Waals surface area contributed by atoms with Crippen molar-refractivity contribution in [3.63, 3.8) is 0 Å². The molecule has 0 saturated carbocycles. The van der Waals surface area contributed by atoms with Gasteiger partial charge in [-0.05, 0) is 19.1 Å². The Balaban J connectivity index is 2.99. The van der Waals surface area contributed by atoms with Crippen molar-refractivity contribution in [2.45, 2.75) is 13.3 Å². The standard InChI is InChI=1S/C14H15NO5/c1-10(2)7-8-20-13-5-4-12(15(18)19)9-11(13)3-6-14(16)17/h3-6,9H,1,7-8H2,2H3,(H,16,17)/b6-3+. The zero-order valence-electron chi connectivity index (χ0n) is 11.0. The van der Waals surface area contributed by atoms with Crippen molar-refractivity contribution < 1.29 is 19.6 Å². The number of carboxylic acid groups (broad SMARTS) is 1. The van der Waals surface area contributed by atoms with Crippen molar-refractivity contribution in [3.8, 4) is 5.75 Å². The molecule has 0 radical (unpaired) electrons. The van der Waals surface area contributed by atoms with E-state index in [1.807, 2.05) is 6.92 Å². The quantitative estimate of drug-likeness (QED) is 0.358. The summed E-state index contributed by atoms with van der Waals surface area (Å²) in [4.78, 5) is 20.7. The van der Waals surface area contributed by atoms with Crippen molar-refractivity contribution in [1.82, 2.24) is 0 Å². The molecule has 0 fully saturated rings. The van der Waals surface area contributed by atoms with Crippen LogP contribution >= 0.6 is 0 Å². The molecule has 0 aliphatic rings. The number of aliphatic carboxylic acids is 1. The van der Waals surface area contributed by atoms with Crippen LogP contribution in [0.5, 0.6) is 5.75 Å². The number of nitrogens with zero attached hydrogens (tertiary/aromatic N) is 1. The minimum absolute atomic E-state index is 0.123. The van der Waals surface area contributed by atoms with E-state index in [4.69, 9.17) is 9.84 Å². The summed E-state index contributed by atoms with van der Waals surface area (Å²) in [6, 6.07) is 4.04. The second kappa shape index (κ2) is 7.08. The molecule has 0 atom stereocenters. The highest BCUT2D eigenvalue weighted by atomic mass is 16.6. The van der Waals surface area contributed by atoms with Crippen LogP contribution in [0.2, 0.25) is 0 Å². The smallest absolute Gasteiger partial charge is 0.328 e. The van der Waals surface area contributed by atoms with E-state index in [1.165, 1.54) is 24.3 Å². The molecule has 0 heterocycles. The van der Waals surface area contributed by atoms with Gasteiger partial charge in [0.25, 0.3) is 5.69 Å². The van der Waals surface area contributed by atoms with Crippen LogP contribution in [0.15, 0.2) is 36.4 Å². The predicted molar refractivity (Wildman–Crippen MR) is 74.7 cm³/mol. The predicted octanol–water partition coefficient (Wildman–Crippen LogP) is 3.04. The number of non-ortho nitro benzene ring substituents is 1. The van der Waals surface area contributed by atoms with E-state index in [-0.39, 0.29) is 5.69 Å². The van der Waals surface area contributed by atoms with Crippen LogP contribution in [0.1, 0.15) is 18.9 Å². The van der Waals surface area contributed by atoms with Gasteiger partial charge >= 0.3 is 5.97 Å². The van der Waals surface area contributed by atoms with E-state index in [0.29, 0.717) is 24.3 Å². The third-order valence-corrected chi connectivity index (χ3v) is 2.40. The molecule has 0 spiro atoms. The van der Waals surface area contributed by atoms with Crippen molar-refractivity contribution >= 4 is 17.7 Å². The molecule has 1 aromatic carbocycles. The normalized spacial score (nSPS) is 10.4. The van der Waals surface area contributed by atoms with Crippen LogP contribution in [0, 0.1) is 10.1 Å². The molecule has 0 unspecified atom stereocenters. The maximum Gasteiger partial charge on any atom is 0.328 e. The summed E-state index contributed by atoms with van der Waals surface area (Å²) >= 11 is 0. The first-order valence-electron chi connectivity index (χ1n) is 5.87.